The minimum absolute atomic E-state index is 0.391. The molecular formula is C17H29NO. The molecule has 0 aliphatic heterocycles. The van der Waals surface area contributed by atoms with Crippen molar-refractivity contribution in [1.82, 2.24) is 5.32 Å². The Balaban J connectivity index is 2.38. The molecule has 1 rings (SSSR count). The first-order valence-corrected chi connectivity index (χ1v) is 7.59. The van der Waals surface area contributed by atoms with Gasteiger partial charge in [0.2, 0.25) is 0 Å². The number of nitrogens with one attached hydrogen (secondary N) is 1. The topological polar surface area (TPSA) is 21.3 Å². The molecule has 0 amide bonds. The largest absolute Gasteiger partial charge is 0.493 e. The first kappa shape index (κ1) is 16.0. The van der Waals surface area contributed by atoms with Gasteiger partial charge in [0.25, 0.3) is 0 Å². The Kier molecular flexibility index (Phi) is 7.57. The second kappa shape index (κ2) is 8.98. The van der Waals surface area contributed by atoms with Crippen LogP contribution >= 0.6 is 0 Å². The number of hydrogen-bond acceptors (Lipinski definition) is 2. The van der Waals surface area contributed by atoms with E-state index in [1.54, 1.807) is 0 Å². The van der Waals surface area contributed by atoms with Gasteiger partial charge in [0.15, 0.2) is 0 Å². The summed E-state index contributed by atoms with van der Waals surface area (Å²) in [4.78, 5) is 0. The lowest BCUT2D eigenvalue weighted by molar-refractivity contribution is 0.302. The summed E-state index contributed by atoms with van der Waals surface area (Å²) in [6.07, 6.45) is 6.41. The maximum Gasteiger partial charge on any atom is 0.122 e. The molecule has 0 aliphatic rings. The molecule has 0 heterocycles. The van der Waals surface area contributed by atoms with Crippen LogP contribution in [-0.2, 0) is 0 Å². The van der Waals surface area contributed by atoms with Crippen LogP contribution in [0.3, 0.4) is 0 Å². The van der Waals surface area contributed by atoms with Crippen LogP contribution < -0.4 is 10.1 Å². The number of unbranched alkanes of at least 4 members (excludes halogenated alkanes) is 4. The normalized spacial score (nSPS) is 12.4. The summed E-state index contributed by atoms with van der Waals surface area (Å²) in [6.45, 7) is 7.38. The van der Waals surface area contributed by atoms with Crippen LogP contribution in [0.2, 0.25) is 0 Å². The molecule has 2 nitrogen and oxygen atoms in total. The molecule has 1 aromatic rings. The zero-order valence-corrected chi connectivity index (χ0v) is 13.0. The lowest BCUT2D eigenvalue weighted by Gasteiger charge is -2.14. The fourth-order valence-corrected chi connectivity index (χ4v) is 2.16. The average Bonchev–Trinajstić information content (AvgIpc) is 2.43. The van der Waals surface area contributed by atoms with Gasteiger partial charge in [-0.2, -0.15) is 0 Å². The van der Waals surface area contributed by atoms with Crippen LogP contribution in [0, 0.1) is 6.92 Å². The van der Waals surface area contributed by atoms with Crippen molar-refractivity contribution in [2.45, 2.75) is 58.9 Å². The standard InChI is InChI=1S/C17H29NO/c1-5-6-7-8-9-12-19-17-11-10-16(13-14(17)2)15(3)18-4/h10-11,13,15,18H,5-9,12H2,1-4H3. The summed E-state index contributed by atoms with van der Waals surface area (Å²) in [5, 5.41) is 3.26. The van der Waals surface area contributed by atoms with E-state index in [4.69, 9.17) is 4.74 Å². The van der Waals surface area contributed by atoms with E-state index < -0.39 is 0 Å². The monoisotopic (exact) mass is 263 g/mol. The third kappa shape index (κ3) is 5.65. The molecule has 2 heteroatoms. The summed E-state index contributed by atoms with van der Waals surface area (Å²) in [5.74, 6) is 1.03. The highest BCUT2D eigenvalue weighted by Crippen LogP contribution is 2.22. The van der Waals surface area contributed by atoms with Gasteiger partial charge in [-0.3, -0.25) is 0 Å². The van der Waals surface area contributed by atoms with Gasteiger partial charge in [0.05, 0.1) is 6.61 Å². The Hall–Kier alpha value is -1.02. The molecule has 19 heavy (non-hydrogen) atoms. The summed E-state index contributed by atoms with van der Waals surface area (Å²) in [5.41, 5.74) is 2.54. The zero-order chi connectivity index (χ0) is 14.1. The van der Waals surface area contributed by atoms with Crippen molar-refractivity contribution in [3.8, 4) is 5.75 Å². The minimum Gasteiger partial charge on any atom is -0.493 e. The lowest BCUT2D eigenvalue weighted by atomic mass is 10.1. The van der Waals surface area contributed by atoms with Gasteiger partial charge in [-0.25, -0.2) is 0 Å². The van der Waals surface area contributed by atoms with Gasteiger partial charge in [-0.15, -0.1) is 0 Å². The third-order valence-electron chi connectivity index (χ3n) is 3.64. The highest BCUT2D eigenvalue weighted by atomic mass is 16.5. The van der Waals surface area contributed by atoms with E-state index in [9.17, 15) is 0 Å². The number of aryl methyl sites for hydroxylation is 1. The van der Waals surface area contributed by atoms with Crippen molar-refractivity contribution < 1.29 is 4.74 Å². The number of benzene rings is 1. The van der Waals surface area contributed by atoms with Gasteiger partial charge in [0, 0.05) is 6.04 Å². The van der Waals surface area contributed by atoms with Crippen molar-refractivity contribution >= 4 is 0 Å². The first-order chi connectivity index (χ1) is 9.19. The Morgan fingerprint density at radius 1 is 1.16 bits per heavy atom. The molecule has 0 fully saturated rings. The van der Waals surface area contributed by atoms with E-state index in [2.05, 4.69) is 44.3 Å². The highest BCUT2D eigenvalue weighted by Gasteiger charge is 2.05. The summed E-state index contributed by atoms with van der Waals surface area (Å²) >= 11 is 0. The van der Waals surface area contributed by atoms with E-state index in [-0.39, 0.29) is 0 Å². The van der Waals surface area contributed by atoms with Crippen molar-refractivity contribution in [3.63, 3.8) is 0 Å². The molecule has 0 radical (unpaired) electrons. The van der Waals surface area contributed by atoms with Crippen LogP contribution in [-0.4, -0.2) is 13.7 Å². The van der Waals surface area contributed by atoms with Gasteiger partial charge < -0.3 is 10.1 Å². The molecular weight excluding hydrogens is 234 g/mol. The highest BCUT2D eigenvalue weighted by molar-refractivity contribution is 5.37. The van der Waals surface area contributed by atoms with Crippen LogP contribution in [0.15, 0.2) is 18.2 Å². The van der Waals surface area contributed by atoms with Crippen molar-refractivity contribution in [1.29, 1.82) is 0 Å². The van der Waals surface area contributed by atoms with E-state index in [1.165, 1.54) is 36.8 Å². The summed E-state index contributed by atoms with van der Waals surface area (Å²) in [6, 6.07) is 6.86. The Morgan fingerprint density at radius 3 is 2.53 bits per heavy atom. The Labute approximate surface area is 118 Å². The van der Waals surface area contributed by atoms with Crippen molar-refractivity contribution in [3.05, 3.63) is 29.3 Å². The van der Waals surface area contributed by atoms with Crippen LogP contribution in [0.5, 0.6) is 5.75 Å². The lowest BCUT2D eigenvalue weighted by Crippen LogP contribution is -2.12. The number of hydrogen-bond donors (Lipinski definition) is 1. The van der Waals surface area contributed by atoms with Crippen LogP contribution in [0.4, 0.5) is 0 Å². The quantitative estimate of drug-likeness (QED) is 0.656. The fraction of sp³-hybridized carbons (Fsp3) is 0.647. The van der Waals surface area contributed by atoms with Crippen molar-refractivity contribution in [2.24, 2.45) is 0 Å². The molecule has 1 N–H and O–H groups in total. The predicted molar refractivity (Wildman–Crippen MR) is 82.9 cm³/mol. The number of ether oxygens (including phenoxy) is 1. The second-order valence-electron chi connectivity index (χ2n) is 5.30. The molecule has 1 atom stereocenters. The van der Waals surface area contributed by atoms with Crippen LogP contribution in [0.1, 0.15) is 63.1 Å². The SMILES string of the molecule is CCCCCCCOc1ccc(C(C)NC)cc1C. The molecule has 0 saturated heterocycles. The number of rotatable bonds is 9. The third-order valence-corrected chi connectivity index (χ3v) is 3.64. The minimum atomic E-state index is 0.391. The van der Waals surface area contributed by atoms with E-state index in [0.717, 1.165) is 18.8 Å². The van der Waals surface area contributed by atoms with E-state index in [1.807, 2.05) is 7.05 Å². The second-order valence-corrected chi connectivity index (χ2v) is 5.30. The molecule has 0 aromatic heterocycles. The molecule has 1 unspecified atom stereocenters. The summed E-state index contributed by atoms with van der Waals surface area (Å²) < 4.78 is 5.86. The van der Waals surface area contributed by atoms with Gasteiger partial charge >= 0.3 is 0 Å². The molecule has 0 bridgehead atoms. The maximum atomic E-state index is 5.86. The fourth-order valence-electron chi connectivity index (χ4n) is 2.16. The first-order valence-electron chi connectivity index (χ1n) is 7.59. The predicted octanol–water partition coefficient (Wildman–Crippen LogP) is 4.62. The molecule has 1 aromatic carbocycles. The van der Waals surface area contributed by atoms with Gasteiger partial charge in [0.1, 0.15) is 5.75 Å². The molecule has 108 valence electrons. The van der Waals surface area contributed by atoms with Crippen molar-refractivity contribution in [2.75, 3.05) is 13.7 Å². The Morgan fingerprint density at radius 2 is 1.89 bits per heavy atom. The average molecular weight is 263 g/mol. The maximum absolute atomic E-state index is 5.86. The Bertz CT molecular complexity index is 362. The summed E-state index contributed by atoms with van der Waals surface area (Å²) in [7, 11) is 1.99. The van der Waals surface area contributed by atoms with E-state index >= 15 is 0 Å². The van der Waals surface area contributed by atoms with Crippen LogP contribution in [0.25, 0.3) is 0 Å². The molecule has 0 aliphatic carbocycles. The molecule has 0 saturated carbocycles. The molecule has 0 spiro atoms. The van der Waals surface area contributed by atoms with E-state index in [0.29, 0.717) is 6.04 Å². The van der Waals surface area contributed by atoms with Gasteiger partial charge in [-0.1, -0.05) is 44.7 Å². The zero-order valence-electron chi connectivity index (χ0n) is 13.0. The smallest absolute Gasteiger partial charge is 0.122 e. The van der Waals surface area contributed by atoms with Gasteiger partial charge in [-0.05, 0) is 44.5 Å².